The summed E-state index contributed by atoms with van der Waals surface area (Å²) in [4.78, 5) is 25.8. The lowest BCUT2D eigenvalue weighted by Crippen LogP contribution is -2.44. The number of piperidine rings is 1. The zero-order chi connectivity index (χ0) is 16.1. The number of hydrogen-bond acceptors (Lipinski definition) is 3. The van der Waals surface area contributed by atoms with Crippen LogP contribution in [0.2, 0.25) is 5.02 Å². The molecule has 0 radical (unpaired) electrons. The average Bonchev–Trinajstić information content (AvgIpc) is 2.52. The fourth-order valence-electron chi connectivity index (χ4n) is 2.69. The molecule has 0 bridgehead atoms. The van der Waals surface area contributed by atoms with E-state index >= 15 is 0 Å². The van der Waals surface area contributed by atoms with Gasteiger partial charge in [0.25, 0.3) is 5.91 Å². The number of hydrogen-bond donors (Lipinski definition) is 2. The van der Waals surface area contributed by atoms with Gasteiger partial charge in [0.05, 0.1) is 17.1 Å². The molecule has 1 atom stereocenters. The minimum absolute atomic E-state index is 0.0960. The average molecular weight is 324 g/mol. The molecule has 1 aliphatic heterocycles. The normalized spacial score (nSPS) is 18.0. The molecule has 2 amide bonds. The van der Waals surface area contributed by atoms with Gasteiger partial charge in [-0.1, -0.05) is 11.6 Å². The van der Waals surface area contributed by atoms with Crippen molar-refractivity contribution in [3.63, 3.8) is 0 Å². The first-order chi connectivity index (χ1) is 10.5. The SMILES string of the molecule is CNC(=O)c1ccc(NCC(=O)N2CCCCC2C)cc1Cl. The van der Waals surface area contributed by atoms with Crippen LogP contribution in [0.25, 0.3) is 0 Å². The molecule has 2 N–H and O–H groups in total. The number of anilines is 1. The van der Waals surface area contributed by atoms with Gasteiger partial charge < -0.3 is 15.5 Å². The second-order valence-corrected chi connectivity index (χ2v) is 5.97. The Bertz CT molecular complexity index is 562. The highest BCUT2D eigenvalue weighted by atomic mass is 35.5. The quantitative estimate of drug-likeness (QED) is 0.895. The summed E-state index contributed by atoms with van der Waals surface area (Å²) in [5, 5.41) is 5.98. The van der Waals surface area contributed by atoms with E-state index in [1.165, 1.54) is 6.42 Å². The smallest absolute Gasteiger partial charge is 0.252 e. The molecule has 1 fully saturated rings. The molecule has 1 aromatic rings. The van der Waals surface area contributed by atoms with E-state index in [1.54, 1.807) is 25.2 Å². The predicted molar refractivity (Wildman–Crippen MR) is 88.4 cm³/mol. The summed E-state index contributed by atoms with van der Waals surface area (Å²) in [6.45, 7) is 3.16. The van der Waals surface area contributed by atoms with Crippen LogP contribution in [0.1, 0.15) is 36.5 Å². The second-order valence-electron chi connectivity index (χ2n) is 5.56. The van der Waals surface area contributed by atoms with Crippen molar-refractivity contribution in [3.05, 3.63) is 28.8 Å². The van der Waals surface area contributed by atoms with Gasteiger partial charge in [-0.05, 0) is 44.4 Å². The van der Waals surface area contributed by atoms with Crippen LogP contribution in [-0.2, 0) is 4.79 Å². The van der Waals surface area contributed by atoms with E-state index < -0.39 is 0 Å². The highest BCUT2D eigenvalue weighted by Gasteiger charge is 2.22. The first-order valence-corrected chi connectivity index (χ1v) is 7.95. The van der Waals surface area contributed by atoms with Crippen molar-refractivity contribution in [2.75, 3.05) is 25.5 Å². The Morgan fingerprint density at radius 3 is 2.77 bits per heavy atom. The summed E-state index contributed by atoms with van der Waals surface area (Å²) in [6.07, 6.45) is 3.33. The van der Waals surface area contributed by atoms with E-state index in [-0.39, 0.29) is 18.4 Å². The first-order valence-electron chi connectivity index (χ1n) is 7.58. The van der Waals surface area contributed by atoms with Crippen LogP contribution in [0.3, 0.4) is 0 Å². The van der Waals surface area contributed by atoms with E-state index in [9.17, 15) is 9.59 Å². The van der Waals surface area contributed by atoms with Gasteiger partial charge in [-0.15, -0.1) is 0 Å². The molecule has 22 heavy (non-hydrogen) atoms. The van der Waals surface area contributed by atoms with Gasteiger partial charge in [0.2, 0.25) is 5.91 Å². The van der Waals surface area contributed by atoms with Crippen LogP contribution in [-0.4, -0.2) is 42.9 Å². The Hall–Kier alpha value is -1.75. The fraction of sp³-hybridized carbons (Fsp3) is 0.500. The molecule has 0 aromatic heterocycles. The third kappa shape index (κ3) is 3.91. The van der Waals surface area contributed by atoms with E-state index in [0.717, 1.165) is 25.1 Å². The van der Waals surface area contributed by atoms with E-state index in [2.05, 4.69) is 17.6 Å². The van der Waals surface area contributed by atoms with Crippen molar-refractivity contribution in [2.45, 2.75) is 32.2 Å². The van der Waals surface area contributed by atoms with Gasteiger partial charge in [0.1, 0.15) is 0 Å². The molecule has 120 valence electrons. The summed E-state index contributed by atoms with van der Waals surface area (Å²) in [7, 11) is 1.56. The number of benzene rings is 1. The molecule has 0 spiro atoms. The maximum absolute atomic E-state index is 12.3. The number of carbonyl (C=O) groups excluding carboxylic acids is 2. The van der Waals surface area contributed by atoms with Crippen LogP contribution in [0.5, 0.6) is 0 Å². The van der Waals surface area contributed by atoms with E-state index in [4.69, 9.17) is 11.6 Å². The number of rotatable bonds is 4. The molecular formula is C16H22ClN3O2. The highest BCUT2D eigenvalue weighted by molar-refractivity contribution is 6.34. The van der Waals surface area contributed by atoms with Crippen molar-refractivity contribution >= 4 is 29.1 Å². The van der Waals surface area contributed by atoms with Crippen molar-refractivity contribution in [1.29, 1.82) is 0 Å². The lowest BCUT2D eigenvalue weighted by molar-refractivity contribution is -0.132. The van der Waals surface area contributed by atoms with Gasteiger partial charge in [-0.25, -0.2) is 0 Å². The molecule has 0 aliphatic carbocycles. The zero-order valence-electron chi connectivity index (χ0n) is 13.0. The van der Waals surface area contributed by atoms with E-state index in [0.29, 0.717) is 16.6 Å². The standard InChI is InChI=1S/C16H22ClN3O2/c1-11-5-3-4-8-20(11)15(21)10-19-12-6-7-13(14(17)9-12)16(22)18-2/h6-7,9,11,19H,3-5,8,10H2,1-2H3,(H,18,22). The van der Waals surface area contributed by atoms with Crippen molar-refractivity contribution in [1.82, 2.24) is 10.2 Å². The van der Waals surface area contributed by atoms with Crippen LogP contribution in [0, 0.1) is 0 Å². The lowest BCUT2D eigenvalue weighted by Gasteiger charge is -2.33. The Kier molecular flexibility index (Phi) is 5.66. The highest BCUT2D eigenvalue weighted by Crippen LogP contribution is 2.21. The molecule has 1 aromatic carbocycles. The number of carbonyl (C=O) groups is 2. The Morgan fingerprint density at radius 2 is 2.14 bits per heavy atom. The fourth-order valence-corrected chi connectivity index (χ4v) is 2.96. The topological polar surface area (TPSA) is 61.4 Å². The van der Waals surface area contributed by atoms with Gasteiger partial charge in [0.15, 0.2) is 0 Å². The van der Waals surface area contributed by atoms with Gasteiger partial charge >= 0.3 is 0 Å². The van der Waals surface area contributed by atoms with Crippen LogP contribution >= 0.6 is 11.6 Å². The number of halogens is 1. The molecule has 2 rings (SSSR count). The number of nitrogens with one attached hydrogen (secondary N) is 2. The van der Waals surface area contributed by atoms with Crippen LogP contribution in [0.15, 0.2) is 18.2 Å². The Balaban J connectivity index is 1.95. The minimum atomic E-state index is -0.227. The zero-order valence-corrected chi connectivity index (χ0v) is 13.7. The maximum atomic E-state index is 12.3. The number of likely N-dealkylation sites (tertiary alicyclic amines) is 1. The van der Waals surface area contributed by atoms with Crippen molar-refractivity contribution in [2.24, 2.45) is 0 Å². The summed E-state index contributed by atoms with van der Waals surface area (Å²) < 4.78 is 0. The van der Waals surface area contributed by atoms with Gasteiger partial charge in [-0.3, -0.25) is 9.59 Å². The molecule has 1 unspecified atom stereocenters. The van der Waals surface area contributed by atoms with Crippen LogP contribution < -0.4 is 10.6 Å². The third-order valence-electron chi connectivity index (χ3n) is 4.01. The molecule has 5 nitrogen and oxygen atoms in total. The lowest BCUT2D eigenvalue weighted by atomic mass is 10.0. The maximum Gasteiger partial charge on any atom is 0.252 e. The monoisotopic (exact) mass is 323 g/mol. The molecule has 1 aliphatic rings. The molecular weight excluding hydrogens is 302 g/mol. The van der Waals surface area contributed by atoms with Crippen molar-refractivity contribution < 1.29 is 9.59 Å². The number of nitrogens with zero attached hydrogens (tertiary/aromatic N) is 1. The minimum Gasteiger partial charge on any atom is -0.376 e. The summed E-state index contributed by atoms with van der Waals surface area (Å²) in [5.41, 5.74) is 1.15. The molecule has 0 saturated carbocycles. The first kappa shape index (κ1) is 16.6. The summed E-state index contributed by atoms with van der Waals surface area (Å²) in [5.74, 6) is -0.131. The van der Waals surface area contributed by atoms with Crippen molar-refractivity contribution in [3.8, 4) is 0 Å². The third-order valence-corrected chi connectivity index (χ3v) is 4.32. The van der Waals surface area contributed by atoms with Gasteiger partial charge in [0, 0.05) is 25.3 Å². The predicted octanol–water partition coefficient (Wildman–Crippen LogP) is 2.51. The summed E-state index contributed by atoms with van der Waals surface area (Å²) >= 11 is 6.09. The van der Waals surface area contributed by atoms with Crippen LogP contribution in [0.4, 0.5) is 5.69 Å². The van der Waals surface area contributed by atoms with Gasteiger partial charge in [-0.2, -0.15) is 0 Å². The van der Waals surface area contributed by atoms with E-state index in [1.807, 2.05) is 4.90 Å². The summed E-state index contributed by atoms with van der Waals surface area (Å²) in [6, 6.07) is 5.38. The largest absolute Gasteiger partial charge is 0.376 e. The second kappa shape index (κ2) is 7.49. The molecule has 1 saturated heterocycles. The number of amides is 2. The Labute approximate surface area is 136 Å². The molecule has 1 heterocycles. The molecule has 6 heteroatoms. The Morgan fingerprint density at radius 1 is 1.36 bits per heavy atom.